The van der Waals surface area contributed by atoms with Crippen molar-refractivity contribution in [3.63, 3.8) is 0 Å². The van der Waals surface area contributed by atoms with Crippen molar-refractivity contribution in [2.45, 2.75) is 19.7 Å². The summed E-state index contributed by atoms with van der Waals surface area (Å²) in [7, 11) is 2.76. The van der Waals surface area contributed by atoms with Crippen molar-refractivity contribution in [3.8, 4) is 34.1 Å². The van der Waals surface area contributed by atoms with E-state index in [1.54, 1.807) is 24.3 Å². The van der Waals surface area contributed by atoms with E-state index in [0.29, 0.717) is 56.1 Å². The van der Waals surface area contributed by atoms with Crippen molar-refractivity contribution >= 4 is 56.1 Å². The third kappa shape index (κ3) is 6.66. The number of carbonyl (C=O) groups is 2. The third-order valence-corrected chi connectivity index (χ3v) is 9.89. The fourth-order valence-corrected chi connectivity index (χ4v) is 7.08. The van der Waals surface area contributed by atoms with Crippen LogP contribution in [0.5, 0.6) is 11.6 Å². The van der Waals surface area contributed by atoms with Gasteiger partial charge in [0.05, 0.1) is 71.2 Å². The van der Waals surface area contributed by atoms with E-state index in [1.165, 1.54) is 44.6 Å². The molecular weight excluding hydrogens is 729 g/mol. The Bertz CT molecular complexity index is 2920. The molecule has 0 atom stereocenters. The standard InChI is InChI=1S/C44H34N4O9/c1-55-37-18-11-24-6-4-8-34(40(24)48-37)46-21-32-36(51)17-15-29-38(30-19-25(44(54)56-2)10-13-27(30)43(52)53)28-14-16-35(50)31(41(28)57-42(29)32)20-45-33-7-3-5-23-9-12-26(22-49)47-39(23)33/h3-19,45-46,49-50H,20-22H2,1-2H3,(H,52,53). The summed E-state index contributed by atoms with van der Waals surface area (Å²) in [6.45, 7) is -0.273. The molecule has 284 valence electrons. The maximum absolute atomic E-state index is 13.8. The number of aromatic hydroxyl groups is 1. The van der Waals surface area contributed by atoms with Crippen LogP contribution in [0.2, 0.25) is 0 Å². The number of aliphatic hydroxyl groups is 1. The number of carboxylic acids is 1. The van der Waals surface area contributed by atoms with Gasteiger partial charge in [-0.15, -0.1) is 0 Å². The Morgan fingerprint density at radius 3 is 2.16 bits per heavy atom. The van der Waals surface area contributed by atoms with Gasteiger partial charge >= 0.3 is 11.9 Å². The van der Waals surface area contributed by atoms with Gasteiger partial charge in [0, 0.05) is 46.4 Å². The molecule has 3 heterocycles. The average molecular weight is 763 g/mol. The van der Waals surface area contributed by atoms with Crippen LogP contribution in [0.25, 0.3) is 55.2 Å². The molecule has 13 heteroatoms. The predicted molar refractivity (Wildman–Crippen MR) is 215 cm³/mol. The number of aromatic nitrogens is 2. The van der Waals surface area contributed by atoms with E-state index in [-0.39, 0.29) is 64.5 Å². The molecule has 2 aliphatic rings. The van der Waals surface area contributed by atoms with Crippen molar-refractivity contribution < 1.29 is 38.8 Å². The van der Waals surface area contributed by atoms with Crippen LogP contribution in [0.15, 0.2) is 112 Å². The fourth-order valence-electron chi connectivity index (χ4n) is 7.08. The van der Waals surface area contributed by atoms with Crippen LogP contribution in [0, 0.1) is 0 Å². The van der Waals surface area contributed by atoms with Gasteiger partial charge in [0.1, 0.15) is 17.1 Å². The van der Waals surface area contributed by atoms with Crippen molar-refractivity contribution in [1.82, 2.24) is 9.97 Å². The number of nitrogens with zero attached hydrogens (tertiary/aromatic N) is 2. The maximum atomic E-state index is 13.8. The number of hydrogen-bond acceptors (Lipinski definition) is 12. The largest absolute Gasteiger partial charge is 0.507 e. The van der Waals surface area contributed by atoms with Crippen LogP contribution < -0.4 is 20.8 Å². The number of methoxy groups -OCH3 is 2. The molecular formula is C44H34N4O9. The Kier molecular flexibility index (Phi) is 9.57. The minimum atomic E-state index is -1.25. The molecule has 0 amide bonds. The van der Waals surface area contributed by atoms with E-state index < -0.39 is 11.9 Å². The Morgan fingerprint density at radius 2 is 1.47 bits per heavy atom. The molecule has 5 N–H and O–H groups in total. The lowest BCUT2D eigenvalue weighted by Crippen LogP contribution is -2.15. The Balaban J connectivity index is 1.35. The number of carbonyl (C=O) groups excluding carboxylic acids is 1. The summed E-state index contributed by atoms with van der Waals surface area (Å²) >= 11 is 0. The van der Waals surface area contributed by atoms with E-state index in [4.69, 9.17) is 13.9 Å². The number of hydrogen-bond donors (Lipinski definition) is 5. The third-order valence-electron chi connectivity index (χ3n) is 9.89. The highest BCUT2D eigenvalue weighted by Crippen LogP contribution is 2.45. The van der Waals surface area contributed by atoms with Gasteiger partial charge in [-0.3, -0.25) is 4.79 Å². The molecule has 1 aliphatic heterocycles. The Morgan fingerprint density at radius 1 is 0.772 bits per heavy atom. The second-order valence-electron chi connectivity index (χ2n) is 13.2. The lowest BCUT2D eigenvalue weighted by molar-refractivity contribution is 0.0598. The highest BCUT2D eigenvalue weighted by molar-refractivity contribution is 6.10. The number of phenols is 1. The second kappa shape index (κ2) is 15.0. The lowest BCUT2D eigenvalue weighted by atomic mass is 9.87. The van der Waals surface area contributed by atoms with Gasteiger partial charge in [-0.2, -0.15) is 0 Å². The number of benzene rings is 5. The first-order valence-corrected chi connectivity index (χ1v) is 17.8. The van der Waals surface area contributed by atoms with Crippen LogP contribution in [-0.4, -0.2) is 51.4 Å². The molecule has 2 aromatic heterocycles. The minimum Gasteiger partial charge on any atom is -0.507 e. The number of aliphatic hydroxyl groups excluding tert-OH is 1. The number of nitrogens with one attached hydrogen (secondary N) is 2. The zero-order valence-corrected chi connectivity index (χ0v) is 30.6. The first-order chi connectivity index (χ1) is 27.7. The lowest BCUT2D eigenvalue weighted by Gasteiger charge is -2.21. The van der Waals surface area contributed by atoms with E-state index in [2.05, 4.69) is 20.6 Å². The summed E-state index contributed by atoms with van der Waals surface area (Å²) in [5, 5.41) is 40.4. The quantitative estimate of drug-likeness (QED) is 0.0640. The van der Waals surface area contributed by atoms with Gasteiger partial charge in [-0.25, -0.2) is 19.6 Å². The Labute approximate surface area is 324 Å². The number of anilines is 2. The monoisotopic (exact) mass is 762 g/mol. The first kappa shape index (κ1) is 36.5. The molecule has 0 saturated carbocycles. The van der Waals surface area contributed by atoms with Crippen LogP contribution >= 0.6 is 0 Å². The van der Waals surface area contributed by atoms with Crippen LogP contribution in [-0.2, 0) is 24.4 Å². The molecule has 57 heavy (non-hydrogen) atoms. The molecule has 0 spiro atoms. The number of esters is 1. The zero-order chi connectivity index (χ0) is 39.8. The number of para-hydroxylation sites is 2. The summed E-state index contributed by atoms with van der Waals surface area (Å²) < 4.78 is 17.0. The maximum Gasteiger partial charge on any atom is 0.337 e. The topological polar surface area (TPSA) is 193 Å². The number of aromatic carboxylic acids is 1. The van der Waals surface area contributed by atoms with E-state index >= 15 is 0 Å². The Hall–Kier alpha value is -7.51. The molecule has 1 aliphatic carbocycles. The molecule has 4 aromatic carbocycles. The smallest absolute Gasteiger partial charge is 0.337 e. The average Bonchev–Trinajstić information content (AvgIpc) is 3.24. The summed E-state index contributed by atoms with van der Waals surface area (Å²) in [4.78, 5) is 48.6. The van der Waals surface area contributed by atoms with Crippen LogP contribution in [0.4, 0.5) is 11.4 Å². The molecule has 6 aromatic rings. The van der Waals surface area contributed by atoms with Gasteiger partial charge in [0.15, 0.2) is 5.43 Å². The van der Waals surface area contributed by atoms with E-state index in [1.807, 2.05) is 48.5 Å². The number of ether oxygens (including phenoxy) is 2. The highest BCUT2D eigenvalue weighted by Gasteiger charge is 2.28. The van der Waals surface area contributed by atoms with Crippen molar-refractivity contribution in [3.05, 3.63) is 141 Å². The van der Waals surface area contributed by atoms with Gasteiger partial charge in [0.25, 0.3) is 0 Å². The number of carboxylic acid groups (broad SMARTS) is 1. The van der Waals surface area contributed by atoms with E-state index in [9.17, 15) is 29.7 Å². The molecule has 0 unspecified atom stereocenters. The van der Waals surface area contributed by atoms with Gasteiger partial charge in [-0.1, -0.05) is 30.3 Å². The summed E-state index contributed by atoms with van der Waals surface area (Å²) in [5.74, 6) is -1.52. The van der Waals surface area contributed by atoms with Crippen molar-refractivity contribution in [2.75, 3.05) is 24.9 Å². The summed E-state index contributed by atoms with van der Waals surface area (Å²) in [6, 6.07) is 28.5. The number of phenolic OH excluding ortho intramolecular Hbond substituents is 1. The molecule has 13 nitrogen and oxygen atoms in total. The predicted octanol–water partition coefficient (Wildman–Crippen LogP) is 7.58. The summed E-state index contributed by atoms with van der Waals surface area (Å²) in [6.07, 6.45) is 0. The molecule has 0 fully saturated rings. The fraction of sp³-hybridized carbons (Fsp3) is 0.114. The highest BCUT2D eigenvalue weighted by atomic mass is 16.5. The second-order valence-corrected chi connectivity index (χ2v) is 13.2. The first-order valence-electron chi connectivity index (χ1n) is 17.8. The van der Waals surface area contributed by atoms with Crippen molar-refractivity contribution in [1.29, 1.82) is 0 Å². The molecule has 0 bridgehead atoms. The van der Waals surface area contributed by atoms with Crippen LogP contribution in [0.3, 0.4) is 0 Å². The van der Waals surface area contributed by atoms with Gasteiger partial charge in [-0.05, 0) is 72.3 Å². The number of rotatable bonds is 11. The number of pyridine rings is 2. The number of fused-ring (bicyclic) bond motifs is 4. The molecule has 0 radical (unpaired) electrons. The normalized spacial score (nSPS) is 11.3. The van der Waals surface area contributed by atoms with Gasteiger partial charge in [0.2, 0.25) is 5.88 Å². The zero-order valence-electron chi connectivity index (χ0n) is 30.6. The SMILES string of the molecule is COC(=O)c1ccc(C(=O)O)c(-c2c3ccc(=O)c(CNc4cccc5ccc(OC)nc45)c-3oc3c(CNc4cccc5ccc(CO)nc45)c(O)ccc23)c1. The summed E-state index contributed by atoms with van der Waals surface area (Å²) in [5.41, 5.74) is 4.15. The van der Waals surface area contributed by atoms with Crippen molar-refractivity contribution in [2.24, 2.45) is 0 Å². The van der Waals surface area contributed by atoms with E-state index in [0.717, 1.165) is 10.8 Å². The van der Waals surface area contributed by atoms with Crippen LogP contribution in [0.1, 0.15) is 37.5 Å². The minimum absolute atomic E-state index is 0.00388. The molecule has 8 rings (SSSR count). The molecule has 0 saturated heterocycles. The van der Waals surface area contributed by atoms with Gasteiger partial charge < -0.3 is 39.8 Å².